The summed E-state index contributed by atoms with van der Waals surface area (Å²) in [5.74, 6) is 0. The van der Waals surface area contributed by atoms with E-state index in [1.807, 2.05) is 24.3 Å². The molecular weight excluding hydrogens is 405 g/mol. The van der Waals surface area contributed by atoms with Crippen LogP contribution in [0.3, 0.4) is 0 Å². The second-order valence-corrected chi connectivity index (χ2v) is 8.12. The molecule has 1 fully saturated rings. The number of anilines is 1. The number of benzene rings is 2. The first-order valence-electron chi connectivity index (χ1n) is 9.27. The Morgan fingerprint density at radius 3 is 2.39 bits per heavy atom. The fraction of sp³-hybridized carbons (Fsp3) is 0.381. The Morgan fingerprint density at radius 1 is 1.07 bits per heavy atom. The zero-order chi connectivity index (χ0) is 20.2. The molecule has 3 rings (SSSR count). The van der Waals surface area contributed by atoms with Gasteiger partial charge in [-0.15, -0.1) is 0 Å². The van der Waals surface area contributed by atoms with Crippen molar-refractivity contribution < 1.29 is 13.2 Å². The highest BCUT2D eigenvalue weighted by Gasteiger charge is 2.34. The first-order valence-corrected chi connectivity index (χ1v) is 10.1. The van der Waals surface area contributed by atoms with Gasteiger partial charge in [0.05, 0.1) is 5.56 Å². The molecule has 2 aromatic rings. The molecule has 0 saturated heterocycles. The van der Waals surface area contributed by atoms with Crippen LogP contribution in [0.1, 0.15) is 43.2 Å². The lowest BCUT2D eigenvalue weighted by atomic mass is 9.89. The molecule has 150 valence electrons. The molecule has 0 heterocycles. The van der Waals surface area contributed by atoms with Crippen LogP contribution in [0.15, 0.2) is 48.5 Å². The van der Waals surface area contributed by atoms with Crippen molar-refractivity contribution in [2.24, 2.45) is 0 Å². The minimum atomic E-state index is -4.38. The molecule has 0 aliphatic heterocycles. The summed E-state index contributed by atoms with van der Waals surface area (Å²) < 4.78 is 38.7. The predicted molar refractivity (Wildman–Crippen MR) is 112 cm³/mol. The van der Waals surface area contributed by atoms with Gasteiger partial charge >= 0.3 is 6.18 Å². The zero-order valence-electron chi connectivity index (χ0n) is 15.3. The molecule has 2 N–H and O–H groups in total. The maximum atomic E-state index is 12.9. The Kier molecular flexibility index (Phi) is 6.50. The fourth-order valence-electron chi connectivity index (χ4n) is 3.70. The van der Waals surface area contributed by atoms with Crippen molar-refractivity contribution in [3.63, 3.8) is 0 Å². The second-order valence-electron chi connectivity index (χ2n) is 7.27. The number of aryl methyl sites for hydroxylation is 1. The van der Waals surface area contributed by atoms with Gasteiger partial charge < -0.3 is 10.6 Å². The number of halogens is 4. The highest BCUT2D eigenvalue weighted by molar-refractivity contribution is 7.80. The largest absolute Gasteiger partial charge is 0.416 e. The third kappa shape index (κ3) is 5.61. The van der Waals surface area contributed by atoms with Crippen LogP contribution in [0.2, 0.25) is 5.02 Å². The number of thiocarbonyl (C=S) groups is 1. The Hall–Kier alpha value is -1.79. The quantitative estimate of drug-likeness (QED) is 0.527. The summed E-state index contributed by atoms with van der Waals surface area (Å²) in [5.41, 5.74) is 0.705. The summed E-state index contributed by atoms with van der Waals surface area (Å²) in [6.07, 6.45) is 1.61. The SMILES string of the molecule is FC(F)(F)c1cccc(NC(=S)NC2(CCc3ccc(Cl)cc3)CCCC2)c1. The van der Waals surface area contributed by atoms with E-state index in [9.17, 15) is 13.2 Å². The van der Waals surface area contributed by atoms with Gasteiger partial charge in [-0.05, 0) is 73.8 Å². The summed E-state index contributed by atoms with van der Waals surface area (Å²) in [5, 5.41) is 7.38. The van der Waals surface area contributed by atoms with Crippen LogP contribution in [0.4, 0.5) is 18.9 Å². The van der Waals surface area contributed by atoms with Crippen LogP contribution in [-0.4, -0.2) is 10.7 Å². The third-order valence-corrected chi connectivity index (χ3v) is 5.65. The maximum absolute atomic E-state index is 12.9. The monoisotopic (exact) mass is 426 g/mol. The van der Waals surface area contributed by atoms with Gasteiger partial charge in [0.2, 0.25) is 0 Å². The molecule has 0 radical (unpaired) electrons. The standard InChI is InChI=1S/C21H22ClF3N2S/c22-17-8-6-15(7-9-17)10-13-20(11-1-2-12-20)27-19(28)26-18-5-3-4-16(14-18)21(23,24)25/h3-9,14H,1-2,10-13H2,(H2,26,27,28). The number of hydrogen-bond donors (Lipinski definition) is 2. The lowest BCUT2D eigenvalue weighted by Gasteiger charge is -2.32. The number of hydrogen-bond acceptors (Lipinski definition) is 1. The van der Waals surface area contributed by atoms with Crippen LogP contribution in [-0.2, 0) is 12.6 Å². The number of alkyl halides is 3. The van der Waals surface area contributed by atoms with E-state index in [4.69, 9.17) is 23.8 Å². The highest BCUT2D eigenvalue weighted by atomic mass is 35.5. The van der Waals surface area contributed by atoms with E-state index < -0.39 is 11.7 Å². The lowest BCUT2D eigenvalue weighted by Crippen LogP contribution is -2.48. The molecular formula is C21H22ClF3N2S. The topological polar surface area (TPSA) is 24.1 Å². The van der Waals surface area contributed by atoms with Crippen LogP contribution in [0.5, 0.6) is 0 Å². The Balaban J connectivity index is 1.63. The Morgan fingerprint density at radius 2 is 1.75 bits per heavy atom. The van der Waals surface area contributed by atoms with E-state index in [1.165, 1.54) is 11.6 Å². The molecule has 1 aliphatic rings. The third-order valence-electron chi connectivity index (χ3n) is 5.19. The van der Waals surface area contributed by atoms with E-state index in [0.717, 1.165) is 50.7 Å². The van der Waals surface area contributed by atoms with Gasteiger partial charge in [0.1, 0.15) is 0 Å². The van der Waals surface area contributed by atoms with Gasteiger partial charge in [0, 0.05) is 16.2 Å². The smallest absolute Gasteiger partial charge is 0.357 e. The van der Waals surface area contributed by atoms with E-state index in [-0.39, 0.29) is 5.54 Å². The average molecular weight is 427 g/mol. The molecule has 0 unspecified atom stereocenters. The van der Waals surface area contributed by atoms with E-state index in [1.54, 1.807) is 6.07 Å². The van der Waals surface area contributed by atoms with Crippen molar-refractivity contribution in [3.05, 3.63) is 64.7 Å². The first-order chi connectivity index (χ1) is 13.3. The molecule has 0 atom stereocenters. The molecule has 1 aliphatic carbocycles. The van der Waals surface area contributed by atoms with Crippen LogP contribution < -0.4 is 10.6 Å². The summed E-state index contributed by atoms with van der Waals surface area (Å²) in [7, 11) is 0. The minimum Gasteiger partial charge on any atom is -0.357 e. The second kappa shape index (κ2) is 8.70. The molecule has 2 aromatic carbocycles. The van der Waals surface area contributed by atoms with Crippen LogP contribution in [0.25, 0.3) is 0 Å². The molecule has 0 bridgehead atoms. The van der Waals surface area contributed by atoms with Gasteiger partial charge in [-0.2, -0.15) is 13.2 Å². The Labute approximate surface area is 173 Å². The summed E-state index contributed by atoms with van der Waals surface area (Å²) >= 11 is 11.4. The molecule has 0 amide bonds. The maximum Gasteiger partial charge on any atom is 0.416 e. The number of nitrogens with one attached hydrogen (secondary N) is 2. The van der Waals surface area contributed by atoms with Crippen LogP contribution in [0, 0.1) is 0 Å². The summed E-state index contributed by atoms with van der Waals surface area (Å²) in [6.45, 7) is 0. The first kappa shape index (κ1) is 20.9. The molecule has 0 aromatic heterocycles. The predicted octanol–water partition coefficient (Wildman–Crippen LogP) is 6.59. The Bertz CT molecular complexity index is 815. The van der Waals surface area contributed by atoms with E-state index >= 15 is 0 Å². The summed E-state index contributed by atoms with van der Waals surface area (Å²) in [4.78, 5) is 0. The van der Waals surface area contributed by atoms with Crippen molar-refractivity contribution in [2.75, 3.05) is 5.32 Å². The fourth-order valence-corrected chi connectivity index (χ4v) is 4.16. The molecule has 7 heteroatoms. The van der Waals surface area contributed by atoms with Crippen molar-refractivity contribution in [3.8, 4) is 0 Å². The van der Waals surface area contributed by atoms with Gasteiger partial charge in [0.25, 0.3) is 0 Å². The molecule has 2 nitrogen and oxygen atoms in total. The molecule has 28 heavy (non-hydrogen) atoms. The average Bonchev–Trinajstić information content (AvgIpc) is 3.09. The van der Waals surface area contributed by atoms with Crippen LogP contribution >= 0.6 is 23.8 Å². The zero-order valence-corrected chi connectivity index (χ0v) is 16.9. The minimum absolute atomic E-state index is 0.134. The number of rotatable bonds is 5. The van der Waals surface area contributed by atoms with Gasteiger partial charge in [-0.25, -0.2) is 0 Å². The lowest BCUT2D eigenvalue weighted by molar-refractivity contribution is -0.137. The van der Waals surface area contributed by atoms with Crippen molar-refractivity contribution in [2.45, 2.75) is 50.2 Å². The van der Waals surface area contributed by atoms with Gasteiger partial charge in [-0.3, -0.25) is 0 Å². The normalized spacial score (nSPS) is 16.0. The van der Waals surface area contributed by atoms with E-state index in [0.29, 0.717) is 15.8 Å². The highest BCUT2D eigenvalue weighted by Crippen LogP contribution is 2.34. The van der Waals surface area contributed by atoms with Gasteiger partial charge in [-0.1, -0.05) is 42.6 Å². The van der Waals surface area contributed by atoms with Crippen molar-refractivity contribution in [1.82, 2.24) is 5.32 Å². The van der Waals surface area contributed by atoms with Crippen molar-refractivity contribution >= 4 is 34.6 Å². The van der Waals surface area contributed by atoms with Gasteiger partial charge in [0.15, 0.2) is 5.11 Å². The van der Waals surface area contributed by atoms with E-state index in [2.05, 4.69) is 10.6 Å². The summed E-state index contributed by atoms with van der Waals surface area (Å²) in [6, 6.07) is 12.9. The molecule has 0 spiro atoms. The molecule has 1 saturated carbocycles. The van der Waals surface area contributed by atoms with Crippen molar-refractivity contribution in [1.29, 1.82) is 0 Å².